The number of nitrogens with zero attached hydrogens (tertiary/aromatic N) is 2. The van der Waals surface area contributed by atoms with Gasteiger partial charge in [-0.05, 0) is 40.0 Å². The van der Waals surface area contributed by atoms with Crippen LogP contribution in [0.15, 0.2) is 18.3 Å². The first-order valence-electron chi connectivity index (χ1n) is 10.6. The van der Waals surface area contributed by atoms with Crippen molar-refractivity contribution in [1.29, 1.82) is 0 Å². The molecule has 10 heteroatoms. The van der Waals surface area contributed by atoms with Gasteiger partial charge < -0.3 is 24.8 Å². The summed E-state index contributed by atoms with van der Waals surface area (Å²) in [7, 11) is 3.04. The van der Waals surface area contributed by atoms with Crippen molar-refractivity contribution in [2.45, 2.75) is 64.0 Å². The number of hydrogen-bond donors (Lipinski definition) is 3. The number of carbonyl (C=O) groups excluding carboxylic acids is 2. The Morgan fingerprint density at radius 2 is 1.97 bits per heavy atom. The molecule has 2 atom stereocenters. The molecule has 0 spiro atoms. The zero-order valence-corrected chi connectivity index (χ0v) is 19.2. The number of nitrogens with one attached hydrogen (secondary N) is 3. The number of pyridine rings is 1. The molecule has 0 saturated heterocycles. The van der Waals surface area contributed by atoms with Crippen LogP contribution < -0.4 is 20.1 Å². The third-order valence-corrected chi connectivity index (χ3v) is 5.14. The Kier molecular flexibility index (Phi) is 7.22. The lowest BCUT2D eigenvalue weighted by atomic mass is 10.0. The lowest BCUT2D eigenvalue weighted by Gasteiger charge is -2.22. The number of anilines is 1. The average Bonchev–Trinajstić information content (AvgIpc) is 3.35. The molecular weight excluding hydrogens is 414 g/mol. The van der Waals surface area contributed by atoms with Gasteiger partial charge in [-0.3, -0.25) is 9.89 Å². The van der Waals surface area contributed by atoms with E-state index < -0.39 is 6.09 Å². The van der Waals surface area contributed by atoms with Crippen molar-refractivity contribution in [3.05, 3.63) is 29.6 Å². The van der Waals surface area contributed by atoms with Crippen LogP contribution in [0.1, 0.15) is 57.2 Å². The Morgan fingerprint density at radius 3 is 2.66 bits per heavy atom. The van der Waals surface area contributed by atoms with Crippen LogP contribution in [0.4, 0.5) is 10.6 Å². The van der Waals surface area contributed by atoms with Crippen molar-refractivity contribution in [1.82, 2.24) is 20.5 Å². The molecule has 2 aromatic rings. The van der Waals surface area contributed by atoms with Crippen molar-refractivity contribution >= 4 is 17.8 Å². The summed E-state index contributed by atoms with van der Waals surface area (Å²) in [5, 5.41) is 12.8. The smallest absolute Gasteiger partial charge is 0.407 e. The number of hydrogen-bond acceptors (Lipinski definition) is 7. The van der Waals surface area contributed by atoms with E-state index in [1.54, 1.807) is 6.07 Å². The molecule has 174 valence electrons. The summed E-state index contributed by atoms with van der Waals surface area (Å²) in [5.74, 6) is 1.31. The first-order chi connectivity index (χ1) is 15.2. The monoisotopic (exact) mass is 445 g/mol. The zero-order valence-electron chi connectivity index (χ0n) is 19.2. The third-order valence-electron chi connectivity index (χ3n) is 5.14. The molecule has 0 aliphatic heterocycles. The van der Waals surface area contributed by atoms with Crippen molar-refractivity contribution < 1.29 is 23.8 Å². The second kappa shape index (κ2) is 9.88. The number of alkyl carbamates (subject to hydrolysis) is 1. The molecule has 0 unspecified atom stereocenters. The lowest BCUT2D eigenvalue weighted by Crippen LogP contribution is -2.42. The highest BCUT2D eigenvalue weighted by molar-refractivity contribution is 5.91. The molecule has 0 aromatic carbocycles. The van der Waals surface area contributed by atoms with Gasteiger partial charge in [-0.15, -0.1) is 0 Å². The maximum Gasteiger partial charge on any atom is 0.407 e. The summed E-state index contributed by atoms with van der Waals surface area (Å²) in [4.78, 5) is 28.6. The molecule has 3 rings (SSSR count). The SMILES string of the molecule is COc1cc(CC(=O)Nc2cc([C@H]3CC[C@@H](OC(=O)NC(C)(C)C)C3)[nH]n2)c(OC)cn1. The van der Waals surface area contributed by atoms with Gasteiger partial charge in [0.1, 0.15) is 11.9 Å². The number of carbonyl (C=O) groups is 2. The van der Waals surface area contributed by atoms with Crippen molar-refractivity contribution in [2.24, 2.45) is 0 Å². The van der Waals surface area contributed by atoms with Crippen LogP contribution in [-0.2, 0) is 16.0 Å². The molecule has 2 heterocycles. The summed E-state index contributed by atoms with van der Waals surface area (Å²) >= 11 is 0. The predicted octanol–water partition coefficient (Wildman–Crippen LogP) is 3.16. The molecule has 32 heavy (non-hydrogen) atoms. The maximum atomic E-state index is 12.5. The molecular formula is C22H31N5O5. The van der Waals surface area contributed by atoms with Gasteiger partial charge in [0.15, 0.2) is 5.82 Å². The summed E-state index contributed by atoms with van der Waals surface area (Å²) in [6.07, 6.45) is 3.44. The van der Waals surface area contributed by atoms with E-state index >= 15 is 0 Å². The highest BCUT2D eigenvalue weighted by atomic mass is 16.6. The Labute approximate surface area is 187 Å². The minimum absolute atomic E-state index is 0.0898. The quantitative estimate of drug-likeness (QED) is 0.597. The molecule has 3 N–H and O–H groups in total. The number of amides is 2. The third kappa shape index (κ3) is 6.35. The van der Waals surface area contributed by atoms with E-state index in [4.69, 9.17) is 14.2 Å². The fourth-order valence-electron chi connectivity index (χ4n) is 3.68. The predicted molar refractivity (Wildman–Crippen MR) is 118 cm³/mol. The second-order valence-corrected chi connectivity index (χ2v) is 8.88. The molecule has 2 amide bonds. The van der Waals surface area contributed by atoms with Gasteiger partial charge >= 0.3 is 6.09 Å². The van der Waals surface area contributed by atoms with Crippen LogP contribution >= 0.6 is 0 Å². The molecule has 1 aliphatic rings. The van der Waals surface area contributed by atoms with Gasteiger partial charge in [-0.1, -0.05) is 0 Å². The average molecular weight is 446 g/mol. The molecule has 0 bridgehead atoms. The van der Waals surface area contributed by atoms with Gasteiger partial charge in [-0.2, -0.15) is 5.10 Å². The van der Waals surface area contributed by atoms with E-state index in [9.17, 15) is 9.59 Å². The first-order valence-corrected chi connectivity index (χ1v) is 10.6. The summed E-state index contributed by atoms with van der Waals surface area (Å²) in [6, 6.07) is 3.49. The van der Waals surface area contributed by atoms with Gasteiger partial charge in [0.25, 0.3) is 0 Å². The normalized spacial score (nSPS) is 18.2. The van der Waals surface area contributed by atoms with Crippen LogP contribution in [0.3, 0.4) is 0 Å². The highest BCUT2D eigenvalue weighted by Crippen LogP contribution is 2.36. The van der Waals surface area contributed by atoms with Crippen molar-refractivity contribution in [3.63, 3.8) is 0 Å². The minimum Gasteiger partial charge on any atom is -0.495 e. The Bertz CT molecular complexity index is 952. The van der Waals surface area contributed by atoms with Crippen LogP contribution in [0.2, 0.25) is 0 Å². The number of methoxy groups -OCH3 is 2. The minimum atomic E-state index is -0.399. The fourth-order valence-corrected chi connectivity index (χ4v) is 3.68. The Balaban J connectivity index is 1.54. The summed E-state index contributed by atoms with van der Waals surface area (Å²) in [6.45, 7) is 5.73. The van der Waals surface area contributed by atoms with Gasteiger partial charge in [0.2, 0.25) is 11.8 Å². The van der Waals surface area contributed by atoms with Gasteiger partial charge in [-0.25, -0.2) is 9.78 Å². The number of aromatic nitrogens is 3. The van der Waals surface area contributed by atoms with E-state index in [2.05, 4.69) is 25.8 Å². The fraction of sp³-hybridized carbons (Fsp3) is 0.545. The summed E-state index contributed by atoms with van der Waals surface area (Å²) < 4.78 is 15.9. The number of H-pyrrole nitrogens is 1. The van der Waals surface area contributed by atoms with E-state index in [0.29, 0.717) is 29.4 Å². The lowest BCUT2D eigenvalue weighted by molar-refractivity contribution is -0.115. The molecule has 10 nitrogen and oxygen atoms in total. The number of rotatable bonds is 7. The van der Waals surface area contributed by atoms with Crippen LogP contribution in [0, 0.1) is 0 Å². The standard InChI is InChI=1S/C22H31N5O5/c1-22(2,3)25-21(29)32-15-7-6-13(8-15)16-11-18(27-26-16)24-19(28)9-14-10-20(31-5)23-12-17(14)30-4/h10-13,15H,6-9H2,1-5H3,(H,25,29)(H2,24,26,27,28)/t13-,15+/m0/s1. The van der Waals surface area contributed by atoms with E-state index in [1.165, 1.54) is 20.4 Å². The Morgan fingerprint density at radius 1 is 1.19 bits per heavy atom. The molecule has 0 radical (unpaired) electrons. The largest absolute Gasteiger partial charge is 0.495 e. The Hall–Kier alpha value is -3.30. The molecule has 1 saturated carbocycles. The molecule has 1 fully saturated rings. The van der Waals surface area contributed by atoms with Crippen molar-refractivity contribution in [3.8, 4) is 11.6 Å². The van der Waals surface area contributed by atoms with E-state index in [-0.39, 0.29) is 29.9 Å². The maximum absolute atomic E-state index is 12.5. The molecule has 2 aromatic heterocycles. The highest BCUT2D eigenvalue weighted by Gasteiger charge is 2.30. The number of ether oxygens (including phenoxy) is 3. The van der Waals surface area contributed by atoms with Crippen LogP contribution in [-0.4, -0.2) is 53.0 Å². The van der Waals surface area contributed by atoms with Gasteiger partial charge in [0, 0.05) is 34.8 Å². The van der Waals surface area contributed by atoms with E-state index in [0.717, 1.165) is 18.5 Å². The van der Waals surface area contributed by atoms with Gasteiger partial charge in [0.05, 0.1) is 26.8 Å². The molecule has 1 aliphatic carbocycles. The van der Waals surface area contributed by atoms with Crippen molar-refractivity contribution in [2.75, 3.05) is 19.5 Å². The topological polar surface area (TPSA) is 127 Å². The number of aromatic amines is 1. The van der Waals surface area contributed by atoms with E-state index in [1.807, 2.05) is 26.8 Å². The summed E-state index contributed by atoms with van der Waals surface area (Å²) in [5.41, 5.74) is 1.24. The second-order valence-electron chi connectivity index (χ2n) is 8.88. The van der Waals surface area contributed by atoms with Crippen LogP contribution in [0.25, 0.3) is 0 Å². The zero-order chi connectivity index (χ0) is 23.3. The van der Waals surface area contributed by atoms with Crippen LogP contribution in [0.5, 0.6) is 11.6 Å². The first kappa shape index (κ1) is 23.4.